The lowest BCUT2D eigenvalue weighted by Crippen LogP contribution is -2.36. The molecule has 0 amide bonds. The zero-order chi connectivity index (χ0) is 17.6. The third kappa shape index (κ3) is 5.56. The molecule has 2 N–H and O–H groups in total. The van der Waals surface area contributed by atoms with Gasteiger partial charge in [-0.1, -0.05) is 27.7 Å². The first-order valence-electron chi connectivity index (χ1n) is 8.33. The van der Waals surface area contributed by atoms with E-state index in [1.165, 1.54) is 4.88 Å². The van der Waals surface area contributed by atoms with Crippen molar-refractivity contribution in [3.8, 4) is 0 Å². The molecular formula is C17H27N5S2. The number of thiazole rings is 2. The summed E-state index contributed by atoms with van der Waals surface area (Å²) in [7, 11) is 0. The molecule has 0 aliphatic carbocycles. The monoisotopic (exact) mass is 365 g/mol. The van der Waals surface area contributed by atoms with Crippen molar-refractivity contribution in [1.29, 1.82) is 0 Å². The fourth-order valence-electron chi connectivity index (χ4n) is 1.97. The number of nitrogens with one attached hydrogen (secondary N) is 2. The fraction of sp³-hybridized carbons (Fsp3) is 0.588. The van der Waals surface area contributed by atoms with Crippen molar-refractivity contribution in [3.05, 3.63) is 32.2 Å². The summed E-state index contributed by atoms with van der Waals surface area (Å²) in [6.45, 7) is 12.9. The van der Waals surface area contributed by atoms with Crippen LogP contribution in [0, 0.1) is 0 Å². The van der Waals surface area contributed by atoms with Crippen LogP contribution in [0.1, 0.15) is 55.2 Å². The summed E-state index contributed by atoms with van der Waals surface area (Å²) in [6, 6.07) is 0. The Morgan fingerprint density at radius 3 is 2.58 bits per heavy atom. The van der Waals surface area contributed by atoms with Gasteiger partial charge in [-0.2, -0.15) is 0 Å². The molecule has 2 aromatic rings. The number of guanidine groups is 1. The van der Waals surface area contributed by atoms with Crippen molar-refractivity contribution < 1.29 is 0 Å². The molecule has 0 bridgehead atoms. The van der Waals surface area contributed by atoms with E-state index in [0.717, 1.165) is 34.6 Å². The number of aryl methyl sites for hydroxylation is 1. The molecule has 0 aliphatic heterocycles. The Labute approximate surface area is 152 Å². The van der Waals surface area contributed by atoms with Crippen molar-refractivity contribution in [2.75, 3.05) is 6.54 Å². The van der Waals surface area contributed by atoms with Crippen molar-refractivity contribution in [2.45, 2.75) is 59.5 Å². The molecule has 2 heterocycles. The Hall–Kier alpha value is -1.47. The van der Waals surface area contributed by atoms with E-state index in [4.69, 9.17) is 4.98 Å². The Morgan fingerprint density at radius 2 is 2.00 bits per heavy atom. The molecule has 2 aromatic heterocycles. The zero-order valence-electron chi connectivity index (χ0n) is 15.1. The highest BCUT2D eigenvalue weighted by molar-refractivity contribution is 7.11. The molecule has 0 spiro atoms. The summed E-state index contributed by atoms with van der Waals surface area (Å²) >= 11 is 3.42. The summed E-state index contributed by atoms with van der Waals surface area (Å²) in [5.74, 6) is 0.804. The third-order valence-corrected chi connectivity index (χ3v) is 5.37. The van der Waals surface area contributed by atoms with Crippen LogP contribution in [0.2, 0.25) is 0 Å². The highest BCUT2D eigenvalue weighted by Gasteiger charge is 2.17. The second-order valence-electron chi connectivity index (χ2n) is 6.50. The Bertz CT molecular complexity index is 667. The Kier molecular flexibility index (Phi) is 6.74. The average molecular weight is 366 g/mol. The van der Waals surface area contributed by atoms with E-state index in [1.54, 1.807) is 22.7 Å². The van der Waals surface area contributed by atoms with Gasteiger partial charge in [0.05, 0.1) is 18.8 Å². The molecule has 132 valence electrons. The molecule has 0 unspecified atom stereocenters. The third-order valence-electron chi connectivity index (χ3n) is 3.39. The summed E-state index contributed by atoms with van der Waals surface area (Å²) in [4.78, 5) is 15.0. The standard InChI is InChI=1S/C17H27N5S2/c1-6-12-8-19-14(24-12)9-20-16(18-7-2)21-10-15-22-13(11-23-15)17(3,4)5/h8,11H,6-7,9-10H2,1-5H3,(H2,18,20,21). The van der Waals surface area contributed by atoms with Crippen LogP contribution in [0.5, 0.6) is 0 Å². The van der Waals surface area contributed by atoms with Gasteiger partial charge in [0, 0.05) is 28.4 Å². The maximum Gasteiger partial charge on any atom is 0.192 e. The van der Waals surface area contributed by atoms with Crippen LogP contribution in [0.15, 0.2) is 16.6 Å². The molecule has 0 fully saturated rings. The minimum Gasteiger partial charge on any atom is -0.357 e. The normalized spacial score (nSPS) is 12.5. The van der Waals surface area contributed by atoms with Gasteiger partial charge in [-0.05, 0) is 13.3 Å². The van der Waals surface area contributed by atoms with E-state index in [1.807, 2.05) is 6.20 Å². The predicted molar refractivity (Wildman–Crippen MR) is 104 cm³/mol. The molecule has 24 heavy (non-hydrogen) atoms. The maximum atomic E-state index is 4.71. The van der Waals surface area contributed by atoms with Crippen LogP contribution in [0.25, 0.3) is 0 Å². The molecular weight excluding hydrogens is 338 g/mol. The minimum absolute atomic E-state index is 0.0924. The lowest BCUT2D eigenvalue weighted by molar-refractivity contribution is 0.570. The molecule has 0 saturated carbocycles. The van der Waals surface area contributed by atoms with Crippen molar-refractivity contribution in [2.24, 2.45) is 4.99 Å². The lowest BCUT2D eigenvalue weighted by Gasteiger charge is -2.14. The van der Waals surface area contributed by atoms with Gasteiger partial charge in [-0.25, -0.2) is 15.0 Å². The second-order valence-corrected chi connectivity index (χ2v) is 8.64. The first-order valence-corrected chi connectivity index (χ1v) is 10.0. The molecule has 7 heteroatoms. The largest absolute Gasteiger partial charge is 0.357 e. The van der Waals surface area contributed by atoms with Crippen LogP contribution < -0.4 is 10.6 Å². The van der Waals surface area contributed by atoms with Gasteiger partial charge < -0.3 is 10.6 Å². The van der Waals surface area contributed by atoms with Crippen molar-refractivity contribution in [3.63, 3.8) is 0 Å². The van der Waals surface area contributed by atoms with Crippen LogP contribution in [-0.4, -0.2) is 22.5 Å². The number of hydrogen-bond donors (Lipinski definition) is 2. The summed E-state index contributed by atoms with van der Waals surface area (Å²) in [5, 5.41) is 10.9. The highest BCUT2D eigenvalue weighted by atomic mass is 32.1. The maximum absolute atomic E-state index is 4.71. The van der Waals surface area contributed by atoms with E-state index < -0.39 is 0 Å². The highest BCUT2D eigenvalue weighted by Crippen LogP contribution is 2.23. The Balaban J connectivity index is 1.95. The smallest absolute Gasteiger partial charge is 0.192 e. The lowest BCUT2D eigenvalue weighted by atomic mass is 9.93. The summed E-state index contributed by atoms with van der Waals surface area (Å²) in [5.41, 5.74) is 1.23. The number of aliphatic imine (C=N–C) groups is 1. The van der Waals surface area contributed by atoms with E-state index in [2.05, 4.69) is 60.6 Å². The molecule has 2 rings (SSSR count). The number of aromatic nitrogens is 2. The van der Waals surface area contributed by atoms with Gasteiger partial charge in [0.15, 0.2) is 5.96 Å². The van der Waals surface area contributed by atoms with Crippen molar-refractivity contribution >= 4 is 28.6 Å². The quantitative estimate of drug-likeness (QED) is 0.605. The van der Waals surface area contributed by atoms with Crippen LogP contribution in [0.3, 0.4) is 0 Å². The molecule has 0 radical (unpaired) electrons. The predicted octanol–water partition coefficient (Wildman–Crippen LogP) is 3.71. The van der Waals surface area contributed by atoms with Gasteiger partial charge in [-0.15, -0.1) is 22.7 Å². The van der Waals surface area contributed by atoms with Gasteiger partial charge in [0.1, 0.15) is 10.0 Å². The van der Waals surface area contributed by atoms with Gasteiger partial charge >= 0.3 is 0 Å². The van der Waals surface area contributed by atoms with E-state index >= 15 is 0 Å². The topological polar surface area (TPSA) is 62.2 Å². The molecule has 0 saturated heterocycles. The molecule has 5 nitrogen and oxygen atoms in total. The SMILES string of the molecule is CCNC(=NCc1ncc(CC)s1)NCc1nc(C(C)(C)C)cs1. The van der Waals surface area contributed by atoms with Gasteiger partial charge in [0.25, 0.3) is 0 Å². The van der Waals surface area contributed by atoms with E-state index in [9.17, 15) is 0 Å². The average Bonchev–Trinajstić information content (AvgIpc) is 3.18. The fourth-order valence-corrected chi connectivity index (χ4v) is 3.72. The van der Waals surface area contributed by atoms with Crippen molar-refractivity contribution in [1.82, 2.24) is 20.6 Å². The second kappa shape index (κ2) is 8.58. The van der Waals surface area contributed by atoms with E-state index in [0.29, 0.717) is 13.1 Å². The first-order chi connectivity index (χ1) is 11.4. The molecule has 0 aliphatic rings. The van der Waals surface area contributed by atoms with Crippen LogP contribution in [0.4, 0.5) is 0 Å². The minimum atomic E-state index is 0.0924. The Morgan fingerprint density at radius 1 is 1.21 bits per heavy atom. The number of hydrogen-bond acceptors (Lipinski definition) is 5. The number of nitrogens with zero attached hydrogens (tertiary/aromatic N) is 3. The number of rotatable bonds is 6. The van der Waals surface area contributed by atoms with Gasteiger partial charge in [-0.3, -0.25) is 0 Å². The summed E-state index contributed by atoms with van der Waals surface area (Å²) < 4.78 is 0. The van der Waals surface area contributed by atoms with Crippen LogP contribution in [-0.2, 0) is 24.9 Å². The molecule has 0 aromatic carbocycles. The zero-order valence-corrected chi connectivity index (χ0v) is 16.8. The first kappa shape index (κ1) is 18.9. The van der Waals surface area contributed by atoms with E-state index in [-0.39, 0.29) is 5.41 Å². The van der Waals surface area contributed by atoms with Gasteiger partial charge in [0.2, 0.25) is 0 Å². The molecule has 0 atom stereocenters. The van der Waals surface area contributed by atoms with Crippen LogP contribution >= 0.6 is 22.7 Å². The summed E-state index contributed by atoms with van der Waals surface area (Å²) in [6.07, 6.45) is 2.97.